The van der Waals surface area contributed by atoms with E-state index in [2.05, 4.69) is 4.98 Å². The molecule has 0 radical (unpaired) electrons. The molecule has 0 aliphatic carbocycles. The Morgan fingerprint density at radius 2 is 1.96 bits per heavy atom. The average Bonchev–Trinajstić information content (AvgIpc) is 2.60. The first-order valence-electron chi connectivity index (χ1n) is 7.80. The fourth-order valence-electron chi connectivity index (χ4n) is 2.45. The number of carbonyl (C=O) groups excluding carboxylic acids is 1. The number of esters is 1. The Bertz CT molecular complexity index is 917. The zero-order chi connectivity index (χ0) is 16.9. The van der Waals surface area contributed by atoms with Crippen LogP contribution in [0.4, 0.5) is 0 Å². The largest absolute Gasteiger partial charge is 0.459 e. The van der Waals surface area contributed by atoms with Crippen LogP contribution in [0, 0.1) is 6.92 Å². The second-order valence-corrected chi connectivity index (χ2v) is 5.67. The number of aryl methyl sites for hydroxylation is 2. The van der Waals surface area contributed by atoms with Crippen molar-refractivity contribution in [3.8, 4) is 0 Å². The summed E-state index contributed by atoms with van der Waals surface area (Å²) in [5, 5.41) is 0. The van der Waals surface area contributed by atoms with Crippen molar-refractivity contribution < 1.29 is 9.53 Å². The summed E-state index contributed by atoms with van der Waals surface area (Å²) in [4.78, 5) is 28.3. The second-order valence-electron chi connectivity index (χ2n) is 5.67. The lowest BCUT2D eigenvalue weighted by Crippen LogP contribution is -2.17. The van der Waals surface area contributed by atoms with Gasteiger partial charge in [-0.15, -0.1) is 0 Å². The third kappa shape index (κ3) is 3.87. The van der Waals surface area contributed by atoms with Gasteiger partial charge in [0.25, 0.3) is 5.56 Å². The number of hydrogen-bond donors (Lipinski definition) is 0. The summed E-state index contributed by atoms with van der Waals surface area (Å²) in [5.41, 5.74) is 2.89. The monoisotopic (exact) mass is 322 g/mol. The van der Waals surface area contributed by atoms with Crippen molar-refractivity contribution in [1.82, 2.24) is 9.38 Å². The summed E-state index contributed by atoms with van der Waals surface area (Å²) < 4.78 is 6.71. The zero-order valence-electron chi connectivity index (χ0n) is 13.4. The Morgan fingerprint density at radius 1 is 1.17 bits per heavy atom. The van der Waals surface area contributed by atoms with Gasteiger partial charge >= 0.3 is 5.97 Å². The van der Waals surface area contributed by atoms with Gasteiger partial charge in [-0.05, 0) is 30.5 Å². The molecule has 0 saturated carbocycles. The van der Waals surface area contributed by atoms with E-state index < -0.39 is 0 Å². The number of fused-ring (bicyclic) bond motifs is 1. The van der Waals surface area contributed by atoms with Gasteiger partial charge in [0.05, 0.1) is 5.69 Å². The number of aromatic nitrogens is 2. The molecule has 0 aliphatic rings. The standard InChI is InChI=1S/C19H18N2O3/c1-14-7-9-17-20-16(11-18(22)21(17)12-14)13-24-19(23)10-8-15-5-3-2-4-6-15/h2-7,9,11-12H,8,10,13H2,1H3. The summed E-state index contributed by atoms with van der Waals surface area (Å²) in [6.45, 7) is 1.92. The number of nitrogens with zero attached hydrogens (tertiary/aromatic N) is 2. The predicted octanol–water partition coefficient (Wildman–Crippen LogP) is 2.68. The molecule has 0 atom stereocenters. The number of hydrogen-bond acceptors (Lipinski definition) is 4. The van der Waals surface area contributed by atoms with E-state index in [-0.39, 0.29) is 18.1 Å². The summed E-state index contributed by atoms with van der Waals surface area (Å²) >= 11 is 0. The molecule has 3 rings (SSSR count). The van der Waals surface area contributed by atoms with Crippen LogP contribution in [-0.2, 0) is 22.6 Å². The molecule has 0 spiro atoms. The van der Waals surface area contributed by atoms with E-state index in [0.717, 1.165) is 11.1 Å². The molecule has 0 fully saturated rings. The normalized spacial score (nSPS) is 10.7. The SMILES string of the molecule is Cc1ccc2nc(COC(=O)CCc3ccccc3)cc(=O)n2c1. The van der Waals surface area contributed by atoms with E-state index in [4.69, 9.17) is 4.74 Å². The van der Waals surface area contributed by atoms with Gasteiger partial charge in [0, 0.05) is 18.7 Å². The minimum Gasteiger partial charge on any atom is -0.459 e. The molecule has 24 heavy (non-hydrogen) atoms. The maximum atomic E-state index is 12.1. The second kappa shape index (κ2) is 7.08. The third-order valence-corrected chi connectivity index (χ3v) is 3.70. The quantitative estimate of drug-likeness (QED) is 0.678. The summed E-state index contributed by atoms with van der Waals surface area (Å²) in [7, 11) is 0. The van der Waals surface area contributed by atoms with Crippen LogP contribution in [0.5, 0.6) is 0 Å². The molecule has 2 aromatic heterocycles. The van der Waals surface area contributed by atoms with Crippen molar-refractivity contribution in [2.24, 2.45) is 0 Å². The minimum atomic E-state index is -0.301. The first-order valence-corrected chi connectivity index (χ1v) is 7.80. The van der Waals surface area contributed by atoms with Gasteiger partial charge < -0.3 is 4.74 Å². The molecule has 0 N–H and O–H groups in total. The highest BCUT2D eigenvalue weighted by molar-refractivity contribution is 5.69. The van der Waals surface area contributed by atoms with Crippen LogP contribution in [0.3, 0.4) is 0 Å². The molecular formula is C19H18N2O3. The minimum absolute atomic E-state index is 0.00718. The highest BCUT2D eigenvalue weighted by atomic mass is 16.5. The topological polar surface area (TPSA) is 60.7 Å². The van der Waals surface area contributed by atoms with Crippen LogP contribution in [0.15, 0.2) is 59.5 Å². The first kappa shape index (κ1) is 15.9. The maximum absolute atomic E-state index is 12.1. The van der Waals surface area contributed by atoms with Crippen molar-refractivity contribution in [1.29, 1.82) is 0 Å². The Kier molecular flexibility index (Phi) is 4.70. The van der Waals surface area contributed by atoms with Crippen LogP contribution >= 0.6 is 0 Å². The average molecular weight is 322 g/mol. The molecule has 0 saturated heterocycles. The van der Waals surface area contributed by atoms with E-state index in [9.17, 15) is 9.59 Å². The third-order valence-electron chi connectivity index (χ3n) is 3.70. The van der Waals surface area contributed by atoms with Crippen LogP contribution in [0.1, 0.15) is 23.2 Å². The zero-order valence-corrected chi connectivity index (χ0v) is 13.4. The van der Waals surface area contributed by atoms with Gasteiger partial charge in [-0.2, -0.15) is 0 Å². The lowest BCUT2D eigenvalue weighted by atomic mass is 10.1. The fraction of sp³-hybridized carbons (Fsp3) is 0.211. The van der Waals surface area contributed by atoms with E-state index >= 15 is 0 Å². The molecule has 1 aromatic carbocycles. The molecule has 5 nitrogen and oxygen atoms in total. The Labute approximate surface area is 139 Å². The van der Waals surface area contributed by atoms with Gasteiger partial charge in [0.1, 0.15) is 12.3 Å². The van der Waals surface area contributed by atoms with Gasteiger partial charge in [-0.1, -0.05) is 36.4 Å². The van der Waals surface area contributed by atoms with E-state index in [1.165, 1.54) is 10.5 Å². The molecule has 2 heterocycles. The smallest absolute Gasteiger partial charge is 0.306 e. The van der Waals surface area contributed by atoms with Gasteiger partial charge in [0.2, 0.25) is 0 Å². The van der Waals surface area contributed by atoms with Crippen molar-refractivity contribution in [3.63, 3.8) is 0 Å². The Hall–Kier alpha value is -2.95. The van der Waals surface area contributed by atoms with Crippen molar-refractivity contribution >= 4 is 11.6 Å². The van der Waals surface area contributed by atoms with Gasteiger partial charge in [0.15, 0.2) is 0 Å². The highest BCUT2D eigenvalue weighted by Crippen LogP contribution is 2.06. The van der Waals surface area contributed by atoms with Crippen LogP contribution in [0.2, 0.25) is 0 Å². The number of carbonyl (C=O) groups is 1. The molecule has 0 unspecified atom stereocenters. The predicted molar refractivity (Wildman–Crippen MR) is 90.8 cm³/mol. The number of rotatable bonds is 5. The van der Waals surface area contributed by atoms with Crippen LogP contribution < -0.4 is 5.56 Å². The van der Waals surface area contributed by atoms with Crippen LogP contribution in [0.25, 0.3) is 5.65 Å². The maximum Gasteiger partial charge on any atom is 0.306 e. The van der Waals surface area contributed by atoms with E-state index in [0.29, 0.717) is 24.2 Å². The number of pyridine rings is 1. The van der Waals surface area contributed by atoms with Crippen molar-refractivity contribution in [2.45, 2.75) is 26.4 Å². The van der Waals surface area contributed by atoms with Crippen LogP contribution in [-0.4, -0.2) is 15.4 Å². The van der Waals surface area contributed by atoms with Crippen molar-refractivity contribution in [3.05, 3.63) is 81.9 Å². The van der Waals surface area contributed by atoms with E-state index in [1.807, 2.05) is 43.3 Å². The fourth-order valence-corrected chi connectivity index (χ4v) is 2.45. The molecule has 5 heteroatoms. The number of ether oxygens (including phenoxy) is 1. The highest BCUT2D eigenvalue weighted by Gasteiger charge is 2.07. The van der Waals surface area contributed by atoms with Crippen molar-refractivity contribution in [2.75, 3.05) is 0 Å². The lowest BCUT2D eigenvalue weighted by Gasteiger charge is -2.06. The van der Waals surface area contributed by atoms with Gasteiger partial charge in [-0.3, -0.25) is 14.0 Å². The van der Waals surface area contributed by atoms with Gasteiger partial charge in [-0.25, -0.2) is 4.98 Å². The molecule has 122 valence electrons. The lowest BCUT2D eigenvalue weighted by molar-refractivity contribution is -0.145. The summed E-state index contributed by atoms with van der Waals surface area (Å²) in [6.07, 6.45) is 2.67. The molecule has 3 aromatic rings. The summed E-state index contributed by atoms with van der Waals surface area (Å²) in [5.74, 6) is -0.301. The molecule has 0 aliphatic heterocycles. The summed E-state index contributed by atoms with van der Waals surface area (Å²) in [6, 6.07) is 14.8. The van der Waals surface area contributed by atoms with E-state index in [1.54, 1.807) is 12.3 Å². The molecular weight excluding hydrogens is 304 g/mol. The first-order chi connectivity index (χ1) is 11.6. The molecule has 0 amide bonds. The molecule has 0 bridgehead atoms. The Morgan fingerprint density at radius 3 is 2.75 bits per heavy atom. The Balaban J connectivity index is 1.62. The number of benzene rings is 1.